The van der Waals surface area contributed by atoms with Crippen LogP contribution in [0.3, 0.4) is 0 Å². The van der Waals surface area contributed by atoms with Gasteiger partial charge in [-0.3, -0.25) is 0 Å². The molecule has 4 aromatic carbocycles. The van der Waals surface area contributed by atoms with Crippen molar-refractivity contribution in [1.82, 2.24) is 0 Å². The maximum absolute atomic E-state index is 7.36. The molecule has 0 radical (unpaired) electrons. The second-order valence-corrected chi connectivity index (χ2v) is 40.4. The van der Waals surface area contributed by atoms with E-state index in [9.17, 15) is 0 Å². The first-order valence-electron chi connectivity index (χ1n) is 19.1. The third-order valence-electron chi connectivity index (χ3n) is 11.2. The molecular weight excluding hydrogens is 799 g/mol. The van der Waals surface area contributed by atoms with Gasteiger partial charge in [-0.25, -0.2) is 0 Å². The molecule has 2 heterocycles. The van der Waals surface area contributed by atoms with Crippen molar-refractivity contribution in [3.05, 3.63) is 167 Å². The van der Waals surface area contributed by atoms with Crippen LogP contribution in [0, 0.1) is 0 Å². The van der Waals surface area contributed by atoms with Gasteiger partial charge >= 0.3 is 339 Å². The van der Waals surface area contributed by atoms with Gasteiger partial charge in [0, 0.05) is 0 Å². The Balaban J connectivity index is 1.21. The van der Waals surface area contributed by atoms with Crippen molar-refractivity contribution < 1.29 is 27.4 Å². The zero-order valence-electron chi connectivity index (χ0n) is 31.9. The van der Waals surface area contributed by atoms with E-state index < -0.39 is 24.4 Å². The SMILES string of the molecule is CC(C)(C)c1ccc(C2=Cc3c(-c4ccccc4)cccc3C2C[SiH](CC2C(c3ccc(C(C)(C)C)o3)=Cc3c(-c4ccccc4)cccc32)[Zr]([Cl])[Cl])o1. The van der Waals surface area contributed by atoms with Crippen molar-refractivity contribution in [2.75, 3.05) is 0 Å². The Morgan fingerprint density at radius 1 is 0.519 bits per heavy atom. The number of benzene rings is 4. The molecule has 2 aliphatic carbocycles. The fourth-order valence-electron chi connectivity index (χ4n) is 8.31. The Morgan fingerprint density at radius 2 is 0.926 bits per heavy atom. The molecule has 8 rings (SSSR count). The third-order valence-corrected chi connectivity index (χ3v) is 32.8. The van der Waals surface area contributed by atoms with Crippen LogP contribution >= 0.6 is 17.0 Å². The van der Waals surface area contributed by atoms with Crippen LogP contribution in [0.2, 0.25) is 12.1 Å². The average Bonchev–Trinajstić information content (AvgIpc) is 3.97. The standard InChI is InChI=1S/C48H47O2Si.2ClH.Zr/c1-47(2,3)45-25-23-43(49-45)39-27-37-33(31-15-9-7-10-16-31)19-13-21-35(37)41(39)29-51-30-42-36-22-14-20-34(32-17-11-8-12-18-32)38(36)28-40(42)44-24-26-46(50-44)48(4,5)6;;;/h7-28,41-42,51H,29-30H2,1-6H3;2*1H;/q;;;+2/p-2. The Labute approximate surface area is 336 Å². The van der Waals surface area contributed by atoms with Gasteiger partial charge in [-0.1, -0.05) is 0 Å². The van der Waals surface area contributed by atoms with Crippen LogP contribution in [0.1, 0.15) is 98.7 Å². The van der Waals surface area contributed by atoms with Crippen LogP contribution < -0.4 is 0 Å². The minimum atomic E-state index is -2.77. The monoisotopic (exact) mass is 843 g/mol. The van der Waals surface area contributed by atoms with E-state index in [0.29, 0.717) is 0 Å². The van der Waals surface area contributed by atoms with E-state index in [1.807, 2.05) is 0 Å². The van der Waals surface area contributed by atoms with E-state index in [0.717, 1.165) is 35.1 Å². The number of furan rings is 2. The molecule has 0 aliphatic heterocycles. The molecule has 0 fully saturated rings. The van der Waals surface area contributed by atoms with Crippen LogP contribution in [-0.2, 0) is 29.4 Å². The van der Waals surface area contributed by atoms with Crippen molar-refractivity contribution in [3.63, 3.8) is 0 Å². The predicted octanol–water partition coefficient (Wildman–Crippen LogP) is 14.4. The number of hydrogen-bond donors (Lipinski definition) is 0. The molecule has 0 saturated heterocycles. The van der Waals surface area contributed by atoms with E-state index in [4.69, 9.17) is 25.9 Å². The van der Waals surface area contributed by atoms with Crippen LogP contribution in [0.15, 0.2) is 130 Å². The first kappa shape index (κ1) is 37.5. The molecule has 0 spiro atoms. The number of rotatable bonds is 9. The minimum absolute atomic E-state index is 0.0880. The summed E-state index contributed by atoms with van der Waals surface area (Å²) in [6.45, 7) is 13.2. The molecule has 0 saturated carbocycles. The first-order chi connectivity index (χ1) is 25.9. The number of hydrogen-bond acceptors (Lipinski definition) is 2. The summed E-state index contributed by atoms with van der Waals surface area (Å²) in [5.74, 6) is 2.49. The van der Waals surface area contributed by atoms with Crippen molar-refractivity contribution >= 4 is 46.2 Å². The number of halogens is 2. The fraction of sp³-hybridized carbons (Fsp3) is 0.250. The zero-order valence-corrected chi connectivity index (χ0v) is 37.0. The van der Waals surface area contributed by atoms with Gasteiger partial charge < -0.3 is 0 Å². The zero-order chi connectivity index (χ0) is 37.8. The predicted molar refractivity (Wildman–Crippen MR) is 228 cm³/mol. The first-order valence-corrected chi connectivity index (χ1v) is 31.9. The summed E-state index contributed by atoms with van der Waals surface area (Å²) in [6, 6.07) is 45.7. The number of fused-ring (bicyclic) bond motifs is 2. The van der Waals surface area contributed by atoms with Crippen LogP contribution in [-0.4, -0.2) is 5.92 Å². The second kappa shape index (κ2) is 14.9. The molecule has 273 valence electrons. The fourth-order valence-corrected chi connectivity index (χ4v) is 23.4. The van der Waals surface area contributed by atoms with E-state index in [1.165, 1.54) is 55.7 Å². The Bertz CT molecular complexity index is 2190. The van der Waals surface area contributed by atoms with Gasteiger partial charge in [0.1, 0.15) is 0 Å². The topological polar surface area (TPSA) is 26.3 Å². The van der Waals surface area contributed by atoms with E-state index in [1.54, 1.807) is 0 Å². The van der Waals surface area contributed by atoms with E-state index >= 15 is 0 Å². The Hall–Kier alpha value is -3.40. The molecule has 2 aliphatic rings. The second-order valence-electron chi connectivity index (χ2n) is 16.9. The molecule has 6 aromatic rings. The van der Waals surface area contributed by atoms with Crippen LogP contribution in [0.4, 0.5) is 0 Å². The maximum atomic E-state index is 7.36. The van der Waals surface area contributed by atoms with Crippen LogP contribution in [0.25, 0.3) is 45.6 Å². The summed E-state index contributed by atoms with van der Waals surface area (Å²) >= 11 is -2.77. The van der Waals surface area contributed by atoms with E-state index in [-0.39, 0.29) is 22.7 Å². The molecule has 2 atom stereocenters. The van der Waals surface area contributed by atoms with Gasteiger partial charge in [-0.2, -0.15) is 0 Å². The van der Waals surface area contributed by atoms with Gasteiger partial charge in [0.25, 0.3) is 0 Å². The third kappa shape index (κ3) is 7.33. The normalized spacial score (nSPS) is 17.2. The molecule has 54 heavy (non-hydrogen) atoms. The molecule has 6 heteroatoms. The van der Waals surface area contributed by atoms with Gasteiger partial charge in [0.15, 0.2) is 0 Å². The Kier molecular flexibility index (Phi) is 10.4. The molecule has 0 bridgehead atoms. The number of allylic oxidation sites excluding steroid dienone is 2. The summed E-state index contributed by atoms with van der Waals surface area (Å²) in [5, 5.41) is 0. The van der Waals surface area contributed by atoms with Crippen molar-refractivity contribution in [2.24, 2.45) is 0 Å². The average molecular weight is 846 g/mol. The molecule has 2 nitrogen and oxygen atoms in total. The van der Waals surface area contributed by atoms with Gasteiger partial charge in [-0.05, 0) is 0 Å². The molecule has 0 N–H and O–H groups in total. The van der Waals surface area contributed by atoms with Crippen molar-refractivity contribution in [2.45, 2.75) is 76.3 Å². The quantitative estimate of drug-likeness (QED) is 0.136. The summed E-state index contributed by atoms with van der Waals surface area (Å²) < 4.78 is 13.4. The van der Waals surface area contributed by atoms with Crippen molar-refractivity contribution in [1.29, 1.82) is 0 Å². The van der Waals surface area contributed by atoms with E-state index in [2.05, 4.69) is 175 Å². The van der Waals surface area contributed by atoms with Crippen LogP contribution in [0.5, 0.6) is 0 Å². The molecular formula is C48H47Cl2O2SiZr. The van der Waals surface area contributed by atoms with Gasteiger partial charge in [0.2, 0.25) is 0 Å². The summed E-state index contributed by atoms with van der Waals surface area (Å²) in [7, 11) is 14.7. The van der Waals surface area contributed by atoms with Gasteiger partial charge in [-0.15, -0.1) is 0 Å². The van der Waals surface area contributed by atoms with Crippen molar-refractivity contribution in [3.8, 4) is 22.3 Å². The van der Waals surface area contributed by atoms with Gasteiger partial charge in [0.05, 0.1) is 0 Å². The summed E-state index contributed by atoms with van der Waals surface area (Å²) in [6.07, 6.45) is 4.79. The summed E-state index contributed by atoms with van der Waals surface area (Å²) in [4.78, 5) is 0. The Morgan fingerprint density at radius 3 is 1.28 bits per heavy atom. The molecule has 2 unspecified atom stereocenters. The summed E-state index contributed by atoms with van der Waals surface area (Å²) in [5.41, 5.74) is 12.5. The molecule has 0 amide bonds. The molecule has 2 aromatic heterocycles.